The minimum atomic E-state index is 0.835. The maximum atomic E-state index is 2.76. The molecule has 2 nitrogen and oxygen atoms in total. The van der Waals surface area contributed by atoms with Crippen LogP contribution < -0.4 is 0 Å². The van der Waals surface area contributed by atoms with Gasteiger partial charge >= 0.3 is 0 Å². The first-order valence-corrected chi connectivity index (χ1v) is 10.1. The van der Waals surface area contributed by atoms with Gasteiger partial charge in [0.1, 0.15) is 0 Å². The van der Waals surface area contributed by atoms with Gasteiger partial charge in [0.25, 0.3) is 0 Å². The average molecular weight is 309 g/mol. The van der Waals surface area contributed by atoms with Gasteiger partial charge in [0.2, 0.25) is 0 Å². The maximum Gasteiger partial charge on any atom is 0.0121 e. The molecule has 2 fully saturated rings. The van der Waals surface area contributed by atoms with E-state index in [0.717, 1.165) is 29.8 Å². The van der Waals surface area contributed by atoms with Crippen LogP contribution in [-0.4, -0.2) is 48.1 Å². The maximum absolute atomic E-state index is 2.76. The van der Waals surface area contributed by atoms with Gasteiger partial charge < -0.3 is 9.80 Å². The number of rotatable bonds is 6. The fraction of sp³-hybridized carbons (Fsp3) is 1.00. The second kappa shape index (κ2) is 8.68. The molecule has 0 radical (unpaired) electrons. The van der Waals surface area contributed by atoms with E-state index in [1.165, 1.54) is 64.7 Å². The van der Waals surface area contributed by atoms with E-state index in [4.69, 9.17) is 0 Å². The quantitative estimate of drug-likeness (QED) is 0.705. The highest BCUT2D eigenvalue weighted by molar-refractivity contribution is 4.87. The van der Waals surface area contributed by atoms with Crippen LogP contribution in [-0.2, 0) is 0 Å². The van der Waals surface area contributed by atoms with Crippen molar-refractivity contribution in [3.8, 4) is 0 Å². The molecule has 0 amide bonds. The molecule has 5 atom stereocenters. The van der Waals surface area contributed by atoms with Crippen molar-refractivity contribution in [1.82, 2.24) is 9.80 Å². The van der Waals surface area contributed by atoms with Gasteiger partial charge in [0.15, 0.2) is 0 Å². The summed E-state index contributed by atoms with van der Waals surface area (Å²) in [6, 6.07) is 1.69. The topological polar surface area (TPSA) is 6.48 Å². The van der Waals surface area contributed by atoms with Gasteiger partial charge in [-0.15, -0.1) is 0 Å². The predicted molar refractivity (Wildman–Crippen MR) is 97.3 cm³/mol. The zero-order chi connectivity index (χ0) is 16.1. The highest BCUT2D eigenvalue weighted by Crippen LogP contribution is 2.34. The summed E-state index contributed by atoms with van der Waals surface area (Å²) in [5.74, 6) is 2.72. The Morgan fingerprint density at radius 2 is 1.59 bits per heavy atom. The fourth-order valence-corrected chi connectivity index (χ4v) is 5.42. The van der Waals surface area contributed by atoms with E-state index in [9.17, 15) is 0 Å². The smallest absolute Gasteiger partial charge is 0.0121 e. The fourth-order valence-electron chi connectivity index (χ4n) is 5.42. The SMILES string of the molecule is CC[C@H]1[C@H](C)CC(CC[C@H]2[C@@H](C)CCCN2CC)CN1CC. The van der Waals surface area contributed by atoms with Crippen LogP contribution in [0.1, 0.15) is 73.1 Å². The third-order valence-corrected chi connectivity index (χ3v) is 6.66. The van der Waals surface area contributed by atoms with Gasteiger partial charge in [0.05, 0.1) is 0 Å². The normalized spacial score (nSPS) is 38.3. The number of likely N-dealkylation sites (tertiary alicyclic amines) is 2. The third-order valence-electron chi connectivity index (χ3n) is 6.66. The molecule has 0 N–H and O–H groups in total. The van der Waals surface area contributed by atoms with Crippen LogP contribution in [0.25, 0.3) is 0 Å². The van der Waals surface area contributed by atoms with Gasteiger partial charge in [0, 0.05) is 18.6 Å². The lowest BCUT2D eigenvalue weighted by Crippen LogP contribution is -2.48. The molecule has 2 saturated heterocycles. The van der Waals surface area contributed by atoms with Crippen molar-refractivity contribution in [2.75, 3.05) is 26.2 Å². The molecule has 0 aromatic heterocycles. The molecule has 0 bridgehead atoms. The summed E-state index contributed by atoms with van der Waals surface area (Å²) < 4.78 is 0. The van der Waals surface area contributed by atoms with Crippen LogP contribution in [0.15, 0.2) is 0 Å². The minimum absolute atomic E-state index is 0.835. The summed E-state index contributed by atoms with van der Waals surface area (Å²) >= 11 is 0. The second-order valence-corrected chi connectivity index (χ2v) is 8.03. The van der Waals surface area contributed by atoms with Crippen LogP contribution in [0, 0.1) is 17.8 Å². The van der Waals surface area contributed by atoms with Crippen molar-refractivity contribution in [2.24, 2.45) is 17.8 Å². The van der Waals surface area contributed by atoms with Gasteiger partial charge in [-0.3, -0.25) is 0 Å². The Morgan fingerprint density at radius 3 is 2.23 bits per heavy atom. The first-order valence-electron chi connectivity index (χ1n) is 10.1. The van der Waals surface area contributed by atoms with Crippen LogP contribution in [0.4, 0.5) is 0 Å². The molecule has 1 unspecified atom stereocenters. The van der Waals surface area contributed by atoms with Gasteiger partial charge in [-0.1, -0.05) is 34.6 Å². The van der Waals surface area contributed by atoms with Crippen LogP contribution in [0.3, 0.4) is 0 Å². The molecule has 2 heteroatoms. The molecule has 22 heavy (non-hydrogen) atoms. The molecule has 130 valence electrons. The molecule has 2 aliphatic heterocycles. The van der Waals surface area contributed by atoms with Crippen molar-refractivity contribution >= 4 is 0 Å². The zero-order valence-corrected chi connectivity index (χ0v) is 15.9. The molecule has 0 aromatic rings. The van der Waals surface area contributed by atoms with Crippen molar-refractivity contribution in [1.29, 1.82) is 0 Å². The molecule has 2 heterocycles. The Hall–Kier alpha value is -0.0800. The lowest BCUT2D eigenvalue weighted by molar-refractivity contribution is 0.0480. The lowest BCUT2D eigenvalue weighted by Gasteiger charge is -2.44. The highest BCUT2D eigenvalue weighted by atomic mass is 15.2. The standard InChI is InChI=1S/C20H40N2/c1-6-19-17(5)14-18(15-22(19)8-3)11-12-20-16(4)10-9-13-21(20)7-2/h16-20H,6-15H2,1-5H3/t16-,17+,18?,19-,20-/m0/s1. The van der Waals surface area contributed by atoms with E-state index in [0.29, 0.717) is 0 Å². The monoisotopic (exact) mass is 308 g/mol. The Kier molecular flexibility index (Phi) is 7.21. The van der Waals surface area contributed by atoms with Crippen molar-refractivity contribution in [3.63, 3.8) is 0 Å². The molecule has 0 spiro atoms. The molecular weight excluding hydrogens is 268 g/mol. The first-order chi connectivity index (χ1) is 10.6. The Morgan fingerprint density at radius 1 is 0.864 bits per heavy atom. The molecule has 2 aliphatic rings. The Bertz CT molecular complexity index is 317. The second-order valence-electron chi connectivity index (χ2n) is 8.03. The van der Waals surface area contributed by atoms with Crippen LogP contribution >= 0.6 is 0 Å². The van der Waals surface area contributed by atoms with E-state index >= 15 is 0 Å². The molecular formula is C20H40N2. The summed E-state index contributed by atoms with van der Waals surface area (Å²) in [5.41, 5.74) is 0. The number of hydrogen-bond donors (Lipinski definition) is 0. The summed E-state index contributed by atoms with van der Waals surface area (Å²) in [5, 5.41) is 0. The van der Waals surface area contributed by atoms with Crippen LogP contribution in [0.2, 0.25) is 0 Å². The van der Waals surface area contributed by atoms with E-state index < -0.39 is 0 Å². The van der Waals surface area contributed by atoms with E-state index in [1.807, 2.05) is 0 Å². The van der Waals surface area contributed by atoms with Gasteiger partial charge in [-0.05, 0) is 75.9 Å². The Labute approximate surface area is 139 Å². The summed E-state index contributed by atoms with van der Waals surface area (Å²) in [6.45, 7) is 17.2. The summed E-state index contributed by atoms with van der Waals surface area (Å²) in [7, 11) is 0. The highest BCUT2D eigenvalue weighted by Gasteiger charge is 2.33. The van der Waals surface area contributed by atoms with Crippen molar-refractivity contribution in [2.45, 2.75) is 85.2 Å². The zero-order valence-electron chi connectivity index (χ0n) is 15.9. The van der Waals surface area contributed by atoms with Crippen molar-refractivity contribution in [3.05, 3.63) is 0 Å². The first kappa shape index (κ1) is 18.3. The van der Waals surface area contributed by atoms with E-state index in [1.54, 1.807) is 0 Å². The predicted octanol–water partition coefficient (Wildman–Crippen LogP) is 4.64. The van der Waals surface area contributed by atoms with E-state index in [-0.39, 0.29) is 0 Å². The average Bonchev–Trinajstić information content (AvgIpc) is 2.52. The van der Waals surface area contributed by atoms with E-state index in [2.05, 4.69) is 44.4 Å². The molecule has 0 aliphatic carbocycles. The van der Waals surface area contributed by atoms with Crippen molar-refractivity contribution < 1.29 is 0 Å². The Balaban J connectivity index is 1.88. The van der Waals surface area contributed by atoms with Gasteiger partial charge in [-0.25, -0.2) is 0 Å². The summed E-state index contributed by atoms with van der Waals surface area (Å²) in [4.78, 5) is 5.52. The molecule has 2 rings (SSSR count). The van der Waals surface area contributed by atoms with Gasteiger partial charge in [-0.2, -0.15) is 0 Å². The number of hydrogen-bond acceptors (Lipinski definition) is 2. The minimum Gasteiger partial charge on any atom is -0.300 e. The van der Waals surface area contributed by atoms with Crippen LogP contribution in [0.5, 0.6) is 0 Å². The molecule has 0 saturated carbocycles. The number of piperidine rings is 2. The largest absolute Gasteiger partial charge is 0.300 e. The third kappa shape index (κ3) is 4.26. The summed E-state index contributed by atoms with van der Waals surface area (Å²) in [6.07, 6.45) is 8.52. The lowest BCUT2D eigenvalue weighted by atomic mass is 9.79. The molecule has 0 aromatic carbocycles. The number of nitrogens with zero attached hydrogens (tertiary/aromatic N) is 2.